The predicted molar refractivity (Wildman–Crippen MR) is 109 cm³/mol. The van der Waals surface area contributed by atoms with E-state index >= 15 is 0 Å². The van der Waals surface area contributed by atoms with Crippen LogP contribution in [0.1, 0.15) is 36.4 Å². The molecule has 1 aromatic carbocycles. The average molecular weight is 389 g/mol. The van der Waals surface area contributed by atoms with Crippen LogP contribution in [0.15, 0.2) is 18.2 Å². The summed E-state index contributed by atoms with van der Waals surface area (Å²) in [5, 5.41) is 5.41. The molecule has 7 heteroatoms. The normalized spacial score (nSPS) is 17.9. The van der Waals surface area contributed by atoms with Gasteiger partial charge in [0.1, 0.15) is 0 Å². The zero-order valence-electron chi connectivity index (χ0n) is 17.0. The van der Waals surface area contributed by atoms with Crippen LogP contribution in [-0.4, -0.2) is 70.2 Å². The van der Waals surface area contributed by atoms with Crippen molar-refractivity contribution in [2.24, 2.45) is 0 Å². The fourth-order valence-corrected chi connectivity index (χ4v) is 4.10. The minimum absolute atomic E-state index is 0.0900. The fourth-order valence-electron chi connectivity index (χ4n) is 4.10. The minimum atomic E-state index is -0.606. The number of piperidine rings is 1. The average Bonchev–Trinajstić information content (AvgIpc) is 3.09. The van der Waals surface area contributed by atoms with Crippen LogP contribution < -0.4 is 15.5 Å². The molecule has 0 aliphatic carbocycles. The molecule has 7 nitrogen and oxygen atoms in total. The van der Waals surface area contributed by atoms with Crippen LogP contribution in [0.3, 0.4) is 0 Å². The van der Waals surface area contributed by atoms with Crippen molar-refractivity contribution in [3.05, 3.63) is 29.3 Å². The maximum absolute atomic E-state index is 12.2. The number of likely N-dealkylation sites (N-methyl/N-ethyl adjacent to an activating group) is 1. The van der Waals surface area contributed by atoms with Gasteiger partial charge in [-0.05, 0) is 49.5 Å². The van der Waals surface area contributed by atoms with Crippen molar-refractivity contribution in [2.75, 3.05) is 58.4 Å². The maximum atomic E-state index is 12.2. The fraction of sp³-hybridized carbons (Fsp3) is 0.619. The molecule has 2 aliphatic heterocycles. The second kappa shape index (κ2) is 9.89. The van der Waals surface area contributed by atoms with Crippen LogP contribution in [0.25, 0.3) is 0 Å². The van der Waals surface area contributed by atoms with Gasteiger partial charge in [0.2, 0.25) is 0 Å². The van der Waals surface area contributed by atoms with Crippen molar-refractivity contribution in [3.8, 4) is 0 Å². The summed E-state index contributed by atoms with van der Waals surface area (Å²) >= 11 is 0. The van der Waals surface area contributed by atoms with Crippen LogP contribution in [0.5, 0.6) is 0 Å². The Kier molecular flexibility index (Phi) is 7.28. The van der Waals surface area contributed by atoms with Crippen LogP contribution >= 0.6 is 0 Å². The number of likely N-dealkylation sites (tertiary alicyclic amines) is 1. The Morgan fingerprint density at radius 2 is 1.86 bits per heavy atom. The summed E-state index contributed by atoms with van der Waals surface area (Å²) in [4.78, 5) is 28.8. The molecule has 1 atom stereocenters. The minimum Gasteiger partial charge on any atom is -0.383 e. The van der Waals surface area contributed by atoms with E-state index in [1.165, 1.54) is 36.1 Å². The van der Waals surface area contributed by atoms with Crippen LogP contribution in [0.4, 0.5) is 5.69 Å². The highest BCUT2D eigenvalue weighted by atomic mass is 16.5. The first-order chi connectivity index (χ1) is 13.6. The molecular weight excluding hydrogens is 356 g/mol. The number of carbonyl (C=O) groups excluding carboxylic acids is 2. The Labute approximate surface area is 167 Å². The molecule has 2 aliphatic rings. The van der Waals surface area contributed by atoms with E-state index in [9.17, 15) is 9.59 Å². The first-order valence-corrected chi connectivity index (χ1v) is 10.2. The third kappa shape index (κ3) is 5.02. The van der Waals surface area contributed by atoms with Crippen LogP contribution in [0, 0.1) is 0 Å². The third-order valence-corrected chi connectivity index (χ3v) is 5.70. The monoisotopic (exact) mass is 388 g/mol. The van der Waals surface area contributed by atoms with Crippen LogP contribution in [0.2, 0.25) is 0 Å². The third-order valence-electron chi connectivity index (χ3n) is 5.70. The summed E-state index contributed by atoms with van der Waals surface area (Å²) < 4.78 is 4.89. The molecule has 0 bridgehead atoms. The van der Waals surface area contributed by atoms with Gasteiger partial charge < -0.3 is 20.3 Å². The largest absolute Gasteiger partial charge is 0.383 e. The zero-order valence-corrected chi connectivity index (χ0v) is 17.0. The lowest BCUT2D eigenvalue weighted by molar-refractivity contribution is -0.139. The van der Waals surface area contributed by atoms with E-state index in [4.69, 9.17) is 4.74 Å². The molecule has 1 fully saturated rings. The van der Waals surface area contributed by atoms with Gasteiger partial charge in [0.15, 0.2) is 0 Å². The zero-order chi connectivity index (χ0) is 19.9. The van der Waals surface area contributed by atoms with Gasteiger partial charge in [0.05, 0.1) is 12.6 Å². The Balaban J connectivity index is 1.68. The molecule has 0 spiro atoms. The molecule has 3 rings (SSSR count). The highest BCUT2D eigenvalue weighted by Gasteiger charge is 2.26. The van der Waals surface area contributed by atoms with E-state index in [0.29, 0.717) is 19.7 Å². The quantitative estimate of drug-likeness (QED) is 0.540. The van der Waals surface area contributed by atoms with E-state index in [1.54, 1.807) is 7.11 Å². The number of amides is 2. The topological polar surface area (TPSA) is 73.9 Å². The molecule has 0 unspecified atom stereocenters. The first-order valence-electron chi connectivity index (χ1n) is 10.2. The number of hydrogen-bond donors (Lipinski definition) is 2. The maximum Gasteiger partial charge on any atom is 0.309 e. The van der Waals surface area contributed by atoms with Gasteiger partial charge in [-0.15, -0.1) is 0 Å². The molecule has 2 N–H and O–H groups in total. The van der Waals surface area contributed by atoms with Crippen molar-refractivity contribution < 1.29 is 14.3 Å². The van der Waals surface area contributed by atoms with Crippen molar-refractivity contribution in [1.82, 2.24) is 15.5 Å². The highest BCUT2D eigenvalue weighted by Crippen LogP contribution is 2.32. The van der Waals surface area contributed by atoms with Crippen molar-refractivity contribution in [1.29, 1.82) is 0 Å². The molecule has 0 radical (unpaired) electrons. The van der Waals surface area contributed by atoms with Gasteiger partial charge in [-0.2, -0.15) is 0 Å². The molecule has 1 aromatic rings. The summed E-state index contributed by atoms with van der Waals surface area (Å²) in [6.45, 7) is 4.25. The number of anilines is 1. The second-order valence-electron chi connectivity index (χ2n) is 7.63. The standard InChI is InChI=1S/C21H32N4O3/c1-24-12-8-17-14-16(6-7-18(17)24)19(25-10-4-3-5-11-25)15-23-21(27)20(26)22-9-13-28-2/h6-7,14,19H,3-5,8-13,15H2,1-2H3,(H,22,26)(H,23,27)/t19-/m1/s1. The van der Waals surface area contributed by atoms with E-state index in [1.807, 2.05) is 0 Å². The van der Waals surface area contributed by atoms with Crippen molar-refractivity contribution >= 4 is 17.5 Å². The van der Waals surface area contributed by atoms with Gasteiger partial charge >= 0.3 is 11.8 Å². The molecule has 2 heterocycles. The van der Waals surface area contributed by atoms with Crippen molar-refractivity contribution in [2.45, 2.75) is 31.7 Å². The SMILES string of the molecule is COCCNC(=O)C(=O)NC[C@H](c1ccc2c(c1)CCN2C)N1CCCCC1. The summed E-state index contributed by atoms with van der Waals surface area (Å²) in [5.41, 5.74) is 3.88. The smallest absolute Gasteiger partial charge is 0.309 e. The number of methoxy groups -OCH3 is 1. The first kappa shape index (κ1) is 20.6. The van der Waals surface area contributed by atoms with Gasteiger partial charge in [-0.25, -0.2) is 0 Å². The Bertz CT molecular complexity index is 688. The number of rotatable bonds is 7. The Morgan fingerprint density at radius 3 is 2.61 bits per heavy atom. The number of benzene rings is 1. The summed E-state index contributed by atoms with van der Waals surface area (Å²) in [6.07, 6.45) is 4.67. The number of nitrogens with one attached hydrogen (secondary N) is 2. The molecular formula is C21H32N4O3. The summed E-state index contributed by atoms with van der Waals surface area (Å²) in [5.74, 6) is -1.19. The highest BCUT2D eigenvalue weighted by molar-refractivity contribution is 6.35. The number of nitrogens with zero attached hydrogens (tertiary/aromatic N) is 2. The van der Waals surface area contributed by atoms with Gasteiger partial charge in [-0.1, -0.05) is 18.6 Å². The predicted octanol–water partition coefficient (Wildman–Crippen LogP) is 1.08. The van der Waals surface area contributed by atoms with E-state index in [-0.39, 0.29) is 6.04 Å². The second-order valence-corrected chi connectivity index (χ2v) is 7.63. The Hall–Kier alpha value is -2.12. The number of ether oxygens (including phenoxy) is 1. The van der Waals surface area contributed by atoms with Gasteiger partial charge in [0.25, 0.3) is 0 Å². The number of hydrogen-bond acceptors (Lipinski definition) is 5. The van der Waals surface area contributed by atoms with Crippen LogP contribution in [-0.2, 0) is 20.7 Å². The van der Waals surface area contributed by atoms with E-state index < -0.39 is 11.8 Å². The van der Waals surface area contributed by atoms with Gasteiger partial charge in [0, 0.05) is 39.5 Å². The molecule has 0 aromatic heterocycles. The lowest BCUT2D eigenvalue weighted by Gasteiger charge is -2.35. The molecule has 0 saturated carbocycles. The lowest BCUT2D eigenvalue weighted by Crippen LogP contribution is -2.45. The van der Waals surface area contributed by atoms with Gasteiger partial charge in [-0.3, -0.25) is 14.5 Å². The van der Waals surface area contributed by atoms with E-state index in [2.05, 4.69) is 45.7 Å². The lowest BCUT2D eigenvalue weighted by atomic mass is 9.98. The molecule has 2 amide bonds. The molecule has 28 heavy (non-hydrogen) atoms. The number of carbonyl (C=O) groups is 2. The Morgan fingerprint density at radius 1 is 1.11 bits per heavy atom. The summed E-state index contributed by atoms with van der Waals surface area (Å²) in [6, 6.07) is 6.73. The van der Waals surface area contributed by atoms with E-state index in [0.717, 1.165) is 26.1 Å². The molecule has 1 saturated heterocycles. The number of fused-ring (bicyclic) bond motifs is 1. The van der Waals surface area contributed by atoms with Crippen molar-refractivity contribution in [3.63, 3.8) is 0 Å². The summed E-state index contributed by atoms with van der Waals surface area (Å²) in [7, 11) is 3.68. The molecule has 154 valence electrons.